The molecule has 2 fully saturated rings. The van der Waals surface area contributed by atoms with E-state index in [1.54, 1.807) is 0 Å². The molecule has 0 bridgehead atoms. The van der Waals surface area contributed by atoms with Crippen LogP contribution in [0.25, 0.3) is 0 Å². The number of hydrogen-bond acceptors (Lipinski definition) is 2. The van der Waals surface area contributed by atoms with Gasteiger partial charge < -0.3 is 10.2 Å². The van der Waals surface area contributed by atoms with E-state index < -0.39 is 0 Å². The van der Waals surface area contributed by atoms with E-state index in [9.17, 15) is 4.79 Å². The summed E-state index contributed by atoms with van der Waals surface area (Å²) in [6.45, 7) is 5.48. The standard InChI is InChI=1S/C17H32N2O/c1-14(16-9-6-10-18-12-16)11-17(20)19(2)13-15-7-4-3-5-8-15/h14-16,18H,3-13H2,1-2H3. The Morgan fingerprint density at radius 2 is 1.95 bits per heavy atom. The van der Waals surface area contributed by atoms with Gasteiger partial charge in [-0.3, -0.25) is 4.79 Å². The predicted molar refractivity (Wildman–Crippen MR) is 83.6 cm³/mol. The van der Waals surface area contributed by atoms with Crippen molar-refractivity contribution in [1.29, 1.82) is 0 Å². The summed E-state index contributed by atoms with van der Waals surface area (Å²) in [4.78, 5) is 14.4. The average Bonchev–Trinajstić information content (AvgIpc) is 2.49. The summed E-state index contributed by atoms with van der Waals surface area (Å²) in [5, 5.41) is 3.46. The van der Waals surface area contributed by atoms with Gasteiger partial charge in [0.05, 0.1) is 0 Å². The van der Waals surface area contributed by atoms with Crippen molar-refractivity contribution in [3.8, 4) is 0 Å². The number of piperidine rings is 1. The molecule has 0 spiro atoms. The van der Waals surface area contributed by atoms with E-state index in [-0.39, 0.29) is 0 Å². The molecule has 1 heterocycles. The van der Waals surface area contributed by atoms with Gasteiger partial charge in [0.2, 0.25) is 5.91 Å². The predicted octanol–water partition coefficient (Wildman–Crippen LogP) is 3.05. The van der Waals surface area contributed by atoms with Crippen LogP contribution in [0.4, 0.5) is 0 Å². The monoisotopic (exact) mass is 280 g/mol. The van der Waals surface area contributed by atoms with E-state index in [1.807, 2.05) is 11.9 Å². The summed E-state index contributed by atoms with van der Waals surface area (Å²) in [5.41, 5.74) is 0. The van der Waals surface area contributed by atoms with E-state index in [4.69, 9.17) is 0 Å². The second-order valence-electron chi connectivity index (χ2n) is 7.07. The lowest BCUT2D eigenvalue weighted by molar-refractivity contribution is -0.132. The van der Waals surface area contributed by atoms with Crippen LogP contribution >= 0.6 is 0 Å². The Morgan fingerprint density at radius 3 is 2.60 bits per heavy atom. The van der Waals surface area contributed by atoms with Crippen LogP contribution in [0.5, 0.6) is 0 Å². The van der Waals surface area contributed by atoms with Crippen molar-refractivity contribution in [3.05, 3.63) is 0 Å². The van der Waals surface area contributed by atoms with Gasteiger partial charge in [-0.15, -0.1) is 0 Å². The van der Waals surface area contributed by atoms with Crippen molar-refractivity contribution >= 4 is 5.91 Å². The van der Waals surface area contributed by atoms with Gasteiger partial charge in [-0.2, -0.15) is 0 Å². The van der Waals surface area contributed by atoms with Crippen molar-refractivity contribution in [2.75, 3.05) is 26.7 Å². The normalized spacial score (nSPS) is 26.2. The minimum Gasteiger partial charge on any atom is -0.345 e. The molecule has 0 radical (unpaired) electrons. The van der Waals surface area contributed by atoms with E-state index in [0.717, 1.165) is 32.0 Å². The van der Waals surface area contributed by atoms with Crippen molar-refractivity contribution in [1.82, 2.24) is 10.2 Å². The van der Waals surface area contributed by atoms with Crippen LogP contribution in [0.3, 0.4) is 0 Å². The summed E-state index contributed by atoms with van der Waals surface area (Å²) >= 11 is 0. The van der Waals surface area contributed by atoms with Gasteiger partial charge in [-0.25, -0.2) is 0 Å². The van der Waals surface area contributed by atoms with Crippen molar-refractivity contribution in [2.45, 2.75) is 58.3 Å². The van der Waals surface area contributed by atoms with Gasteiger partial charge in [0.15, 0.2) is 0 Å². The number of carbonyl (C=O) groups excluding carboxylic acids is 1. The third-order valence-electron chi connectivity index (χ3n) is 5.32. The molecular formula is C17H32N2O. The Bertz CT molecular complexity index is 293. The third kappa shape index (κ3) is 4.76. The van der Waals surface area contributed by atoms with Crippen LogP contribution in [-0.2, 0) is 4.79 Å². The Hall–Kier alpha value is -0.570. The molecule has 3 nitrogen and oxygen atoms in total. The summed E-state index contributed by atoms with van der Waals surface area (Å²) in [6, 6.07) is 0. The molecule has 1 aliphatic heterocycles. The van der Waals surface area contributed by atoms with Crippen LogP contribution in [0, 0.1) is 17.8 Å². The molecular weight excluding hydrogens is 248 g/mol. The van der Waals surface area contributed by atoms with Crippen LogP contribution in [-0.4, -0.2) is 37.5 Å². The van der Waals surface area contributed by atoms with Crippen LogP contribution in [0.1, 0.15) is 58.3 Å². The minimum absolute atomic E-state index is 0.355. The molecule has 0 aromatic carbocycles. The maximum atomic E-state index is 12.4. The number of rotatable bonds is 5. The smallest absolute Gasteiger partial charge is 0.222 e. The minimum atomic E-state index is 0.355. The van der Waals surface area contributed by atoms with Crippen molar-refractivity contribution < 1.29 is 4.79 Å². The molecule has 2 aliphatic rings. The molecule has 2 rings (SSSR count). The van der Waals surface area contributed by atoms with Gasteiger partial charge in [0.1, 0.15) is 0 Å². The first-order valence-corrected chi connectivity index (χ1v) is 8.61. The molecule has 2 unspecified atom stereocenters. The maximum Gasteiger partial charge on any atom is 0.222 e. The number of nitrogens with one attached hydrogen (secondary N) is 1. The first kappa shape index (κ1) is 15.8. The Labute approximate surface area is 124 Å². The van der Waals surface area contributed by atoms with Crippen molar-refractivity contribution in [2.24, 2.45) is 17.8 Å². The highest BCUT2D eigenvalue weighted by Gasteiger charge is 2.24. The van der Waals surface area contributed by atoms with Gasteiger partial charge in [0.25, 0.3) is 0 Å². The van der Waals surface area contributed by atoms with Crippen molar-refractivity contribution in [3.63, 3.8) is 0 Å². The largest absolute Gasteiger partial charge is 0.345 e. The van der Waals surface area contributed by atoms with E-state index in [1.165, 1.54) is 44.9 Å². The lowest BCUT2D eigenvalue weighted by atomic mass is 9.85. The van der Waals surface area contributed by atoms with Crippen LogP contribution in [0.2, 0.25) is 0 Å². The molecule has 1 saturated carbocycles. The second-order valence-corrected chi connectivity index (χ2v) is 7.07. The van der Waals surface area contributed by atoms with Gasteiger partial charge in [-0.1, -0.05) is 26.2 Å². The molecule has 3 heteroatoms. The molecule has 0 aromatic rings. The molecule has 1 amide bonds. The highest BCUT2D eigenvalue weighted by molar-refractivity contribution is 5.76. The lowest BCUT2D eigenvalue weighted by Crippen LogP contribution is -2.37. The number of hydrogen-bond donors (Lipinski definition) is 1. The van der Waals surface area contributed by atoms with E-state index in [2.05, 4.69) is 12.2 Å². The van der Waals surface area contributed by atoms with Gasteiger partial charge in [-0.05, 0) is 56.5 Å². The van der Waals surface area contributed by atoms with Gasteiger partial charge in [0, 0.05) is 20.0 Å². The average molecular weight is 280 g/mol. The number of amides is 1. The molecule has 1 saturated heterocycles. The highest BCUT2D eigenvalue weighted by Crippen LogP contribution is 2.26. The number of nitrogens with zero attached hydrogens (tertiary/aromatic N) is 1. The fourth-order valence-electron chi connectivity index (χ4n) is 3.82. The number of carbonyl (C=O) groups is 1. The third-order valence-corrected chi connectivity index (χ3v) is 5.32. The first-order valence-electron chi connectivity index (χ1n) is 8.61. The van der Waals surface area contributed by atoms with E-state index >= 15 is 0 Å². The Balaban J connectivity index is 1.71. The topological polar surface area (TPSA) is 32.3 Å². The summed E-state index contributed by atoms with van der Waals surface area (Å²) in [6.07, 6.45) is 10.0. The molecule has 0 aromatic heterocycles. The van der Waals surface area contributed by atoms with E-state index in [0.29, 0.717) is 17.7 Å². The Morgan fingerprint density at radius 1 is 1.20 bits per heavy atom. The fraction of sp³-hybridized carbons (Fsp3) is 0.941. The molecule has 1 N–H and O–H groups in total. The van der Waals surface area contributed by atoms with Crippen LogP contribution < -0.4 is 5.32 Å². The van der Waals surface area contributed by atoms with Gasteiger partial charge >= 0.3 is 0 Å². The molecule has 2 atom stereocenters. The quantitative estimate of drug-likeness (QED) is 0.839. The zero-order chi connectivity index (χ0) is 14.4. The fourth-order valence-corrected chi connectivity index (χ4v) is 3.82. The summed E-state index contributed by atoms with van der Waals surface area (Å²) < 4.78 is 0. The molecule has 20 heavy (non-hydrogen) atoms. The molecule has 116 valence electrons. The van der Waals surface area contributed by atoms with Crippen LogP contribution in [0.15, 0.2) is 0 Å². The summed E-state index contributed by atoms with van der Waals surface area (Å²) in [7, 11) is 2.00. The highest BCUT2D eigenvalue weighted by atomic mass is 16.2. The Kier molecular flexibility index (Phi) is 6.34. The zero-order valence-corrected chi connectivity index (χ0v) is 13.4. The first-order chi connectivity index (χ1) is 9.66. The SMILES string of the molecule is CC(CC(=O)N(C)CC1CCCCC1)C1CCCNC1. The lowest BCUT2D eigenvalue weighted by Gasteiger charge is -2.31. The molecule has 1 aliphatic carbocycles. The zero-order valence-electron chi connectivity index (χ0n) is 13.4. The summed E-state index contributed by atoms with van der Waals surface area (Å²) in [5.74, 6) is 2.32. The maximum absolute atomic E-state index is 12.4. The second kappa shape index (κ2) is 8.02.